The first-order chi connectivity index (χ1) is 14.0. The average molecular weight is 390 g/mol. The summed E-state index contributed by atoms with van der Waals surface area (Å²) in [7, 11) is 0. The highest BCUT2D eigenvalue weighted by molar-refractivity contribution is 6.45. The molecule has 0 atom stereocenters. The van der Waals surface area contributed by atoms with Crippen LogP contribution in [0.1, 0.15) is 36.5 Å². The van der Waals surface area contributed by atoms with E-state index in [9.17, 15) is 9.59 Å². The van der Waals surface area contributed by atoms with E-state index in [1.54, 1.807) is 24.3 Å². The van der Waals surface area contributed by atoms with Gasteiger partial charge in [0.1, 0.15) is 11.4 Å². The molecule has 0 radical (unpaired) electrons. The number of nitrogens with zero attached hydrogens (tertiary/aromatic N) is 2. The summed E-state index contributed by atoms with van der Waals surface area (Å²) in [5.41, 5.74) is 4.69. The zero-order valence-corrected chi connectivity index (χ0v) is 17.2. The Kier molecular flexibility index (Phi) is 5.14. The van der Waals surface area contributed by atoms with E-state index in [0.29, 0.717) is 23.6 Å². The zero-order valence-electron chi connectivity index (χ0n) is 17.2. The molecule has 0 aromatic heterocycles. The number of hydrogen-bond acceptors (Lipinski definition) is 4. The standard InChI is InChI=1S/C24H26N2O3/c1-4-29-20-11-9-19(10-12-20)26-23(27)21(18-8-7-16(2)17(3)15-18)22(24(26)28)25-13-5-6-14-25/h7-12,15H,4-6,13-14H2,1-3H3. The maximum Gasteiger partial charge on any atom is 0.282 e. The van der Waals surface area contributed by atoms with Crippen LogP contribution in [0.4, 0.5) is 5.69 Å². The molecule has 29 heavy (non-hydrogen) atoms. The number of aryl methyl sites for hydroxylation is 2. The van der Waals surface area contributed by atoms with Gasteiger partial charge in [-0.1, -0.05) is 18.2 Å². The lowest BCUT2D eigenvalue weighted by Gasteiger charge is -2.20. The Balaban J connectivity index is 1.78. The van der Waals surface area contributed by atoms with Gasteiger partial charge < -0.3 is 9.64 Å². The third-order valence-electron chi connectivity index (χ3n) is 5.68. The fourth-order valence-corrected chi connectivity index (χ4v) is 4.00. The molecule has 0 aliphatic carbocycles. The van der Waals surface area contributed by atoms with Crippen LogP contribution < -0.4 is 9.64 Å². The SMILES string of the molecule is CCOc1ccc(N2C(=O)C(c3ccc(C)c(C)c3)=C(N3CCCC3)C2=O)cc1. The van der Waals surface area contributed by atoms with Crippen molar-refractivity contribution in [1.82, 2.24) is 4.90 Å². The molecule has 0 spiro atoms. The van der Waals surface area contributed by atoms with Gasteiger partial charge in [-0.15, -0.1) is 0 Å². The Morgan fingerprint density at radius 3 is 2.21 bits per heavy atom. The molecule has 2 aliphatic rings. The topological polar surface area (TPSA) is 49.9 Å². The third-order valence-corrected chi connectivity index (χ3v) is 5.68. The second-order valence-corrected chi connectivity index (χ2v) is 7.59. The van der Waals surface area contributed by atoms with Gasteiger partial charge in [0.05, 0.1) is 17.9 Å². The lowest BCUT2D eigenvalue weighted by molar-refractivity contribution is -0.120. The van der Waals surface area contributed by atoms with Gasteiger partial charge in [-0.3, -0.25) is 9.59 Å². The van der Waals surface area contributed by atoms with E-state index >= 15 is 0 Å². The predicted octanol–water partition coefficient (Wildman–Crippen LogP) is 4.08. The molecular formula is C24H26N2O3. The van der Waals surface area contributed by atoms with E-state index in [1.165, 1.54) is 4.90 Å². The van der Waals surface area contributed by atoms with Gasteiger partial charge in [-0.25, -0.2) is 4.90 Å². The Morgan fingerprint density at radius 1 is 0.897 bits per heavy atom. The number of benzene rings is 2. The van der Waals surface area contributed by atoms with Crippen LogP contribution in [0.5, 0.6) is 5.75 Å². The normalized spacial score (nSPS) is 16.9. The maximum atomic E-state index is 13.5. The molecule has 2 heterocycles. The lowest BCUT2D eigenvalue weighted by Crippen LogP contribution is -2.34. The molecule has 0 N–H and O–H groups in total. The van der Waals surface area contributed by atoms with Crippen molar-refractivity contribution in [2.45, 2.75) is 33.6 Å². The highest BCUT2D eigenvalue weighted by Crippen LogP contribution is 2.37. The summed E-state index contributed by atoms with van der Waals surface area (Å²) in [5, 5.41) is 0. The van der Waals surface area contributed by atoms with Crippen LogP contribution in [-0.2, 0) is 9.59 Å². The lowest BCUT2D eigenvalue weighted by atomic mass is 9.99. The van der Waals surface area contributed by atoms with Crippen LogP contribution in [0.2, 0.25) is 0 Å². The quantitative estimate of drug-likeness (QED) is 0.722. The summed E-state index contributed by atoms with van der Waals surface area (Å²) < 4.78 is 5.49. The first kappa shape index (κ1) is 19.2. The van der Waals surface area contributed by atoms with E-state index in [2.05, 4.69) is 4.90 Å². The van der Waals surface area contributed by atoms with Crippen molar-refractivity contribution in [3.05, 3.63) is 64.9 Å². The van der Waals surface area contributed by atoms with Gasteiger partial charge in [-0.2, -0.15) is 0 Å². The number of carbonyl (C=O) groups is 2. The van der Waals surface area contributed by atoms with Crippen molar-refractivity contribution in [3.8, 4) is 5.75 Å². The molecule has 0 saturated carbocycles. The molecule has 5 nitrogen and oxygen atoms in total. The van der Waals surface area contributed by atoms with Crippen molar-refractivity contribution in [2.24, 2.45) is 0 Å². The Morgan fingerprint density at radius 2 is 1.59 bits per heavy atom. The van der Waals surface area contributed by atoms with Crippen molar-refractivity contribution in [3.63, 3.8) is 0 Å². The van der Waals surface area contributed by atoms with Crippen LogP contribution in [0.25, 0.3) is 5.57 Å². The fourth-order valence-electron chi connectivity index (χ4n) is 4.00. The molecule has 5 heteroatoms. The second kappa shape index (κ2) is 7.74. The first-order valence-corrected chi connectivity index (χ1v) is 10.2. The van der Waals surface area contributed by atoms with Crippen molar-refractivity contribution in [1.29, 1.82) is 0 Å². The molecule has 2 amide bonds. The van der Waals surface area contributed by atoms with E-state index in [0.717, 1.165) is 48.4 Å². The summed E-state index contributed by atoms with van der Waals surface area (Å²) in [6.45, 7) is 8.17. The number of imide groups is 1. The summed E-state index contributed by atoms with van der Waals surface area (Å²) in [5.74, 6) is 0.219. The number of amides is 2. The van der Waals surface area contributed by atoms with Crippen LogP contribution in [0.15, 0.2) is 48.2 Å². The number of hydrogen-bond donors (Lipinski definition) is 0. The predicted molar refractivity (Wildman–Crippen MR) is 114 cm³/mol. The van der Waals surface area contributed by atoms with E-state index in [-0.39, 0.29) is 11.8 Å². The zero-order chi connectivity index (χ0) is 20.5. The molecule has 0 unspecified atom stereocenters. The van der Waals surface area contributed by atoms with Crippen LogP contribution in [-0.4, -0.2) is 36.4 Å². The third kappa shape index (κ3) is 3.41. The number of anilines is 1. The smallest absolute Gasteiger partial charge is 0.282 e. The van der Waals surface area contributed by atoms with Crippen LogP contribution >= 0.6 is 0 Å². The largest absolute Gasteiger partial charge is 0.494 e. The first-order valence-electron chi connectivity index (χ1n) is 10.2. The maximum absolute atomic E-state index is 13.5. The van der Waals surface area contributed by atoms with Crippen molar-refractivity contribution in [2.75, 3.05) is 24.6 Å². The van der Waals surface area contributed by atoms with Crippen molar-refractivity contribution < 1.29 is 14.3 Å². The summed E-state index contributed by atoms with van der Waals surface area (Å²) in [6.07, 6.45) is 2.07. The van der Waals surface area contributed by atoms with Gasteiger partial charge >= 0.3 is 0 Å². The molecule has 2 aromatic rings. The van der Waals surface area contributed by atoms with Gasteiger partial charge in [-0.05, 0) is 74.6 Å². The molecule has 1 fully saturated rings. The molecule has 4 rings (SSSR count). The summed E-state index contributed by atoms with van der Waals surface area (Å²) in [4.78, 5) is 30.3. The molecule has 150 valence electrons. The van der Waals surface area contributed by atoms with Gasteiger partial charge in [0.25, 0.3) is 11.8 Å². The fraction of sp³-hybridized carbons (Fsp3) is 0.333. The highest BCUT2D eigenvalue weighted by atomic mass is 16.5. The average Bonchev–Trinajstić information content (AvgIpc) is 3.31. The minimum atomic E-state index is -0.260. The second-order valence-electron chi connectivity index (χ2n) is 7.59. The van der Waals surface area contributed by atoms with Gasteiger partial charge in [0, 0.05) is 13.1 Å². The van der Waals surface area contributed by atoms with E-state index in [4.69, 9.17) is 4.74 Å². The van der Waals surface area contributed by atoms with Crippen LogP contribution in [0, 0.1) is 13.8 Å². The summed E-state index contributed by atoms with van der Waals surface area (Å²) in [6, 6.07) is 13.1. The number of rotatable bonds is 5. The molecular weight excluding hydrogens is 364 g/mol. The minimum absolute atomic E-state index is 0.241. The monoisotopic (exact) mass is 390 g/mol. The minimum Gasteiger partial charge on any atom is -0.494 e. The van der Waals surface area contributed by atoms with Crippen LogP contribution in [0.3, 0.4) is 0 Å². The molecule has 0 bridgehead atoms. The molecule has 1 saturated heterocycles. The Bertz CT molecular complexity index is 986. The van der Waals surface area contributed by atoms with Gasteiger partial charge in [0.2, 0.25) is 0 Å². The number of carbonyl (C=O) groups excluding carboxylic acids is 2. The van der Waals surface area contributed by atoms with Crippen molar-refractivity contribution >= 4 is 23.1 Å². The van der Waals surface area contributed by atoms with E-state index in [1.807, 2.05) is 39.0 Å². The molecule has 2 aromatic carbocycles. The van der Waals surface area contributed by atoms with E-state index < -0.39 is 0 Å². The Labute approximate surface area is 171 Å². The molecule has 2 aliphatic heterocycles. The summed E-state index contributed by atoms with van der Waals surface area (Å²) >= 11 is 0. The Hall–Kier alpha value is -3.08. The number of ether oxygens (including phenoxy) is 1. The van der Waals surface area contributed by atoms with Gasteiger partial charge in [0.15, 0.2) is 0 Å². The highest BCUT2D eigenvalue weighted by Gasteiger charge is 2.43. The number of likely N-dealkylation sites (tertiary alicyclic amines) is 1.